The number of halogens is 1. The molecule has 1 aromatic carbocycles. The van der Waals surface area contributed by atoms with Gasteiger partial charge in [-0.1, -0.05) is 71.3 Å². The van der Waals surface area contributed by atoms with Gasteiger partial charge in [0.15, 0.2) is 0 Å². The molecule has 0 saturated heterocycles. The summed E-state index contributed by atoms with van der Waals surface area (Å²) < 4.78 is 15.2. The van der Waals surface area contributed by atoms with Crippen molar-refractivity contribution in [3.63, 3.8) is 0 Å². The van der Waals surface area contributed by atoms with E-state index in [1.165, 1.54) is 101 Å². The van der Waals surface area contributed by atoms with Gasteiger partial charge in [0.2, 0.25) is 0 Å². The zero-order valence-electron chi connectivity index (χ0n) is 19.7. The number of hydrogen-bond acceptors (Lipinski definition) is 0. The molecule has 0 aromatic heterocycles. The van der Waals surface area contributed by atoms with E-state index in [1.54, 1.807) is 0 Å². The third kappa shape index (κ3) is 5.31. The number of fused-ring (bicyclic) bond motifs is 2. The fourth-order valence-corrected chi connectivity index (χ4v) is 7.13. The topological polar surface area (TPSA) is 0 Å². The SMILES string of the molecule is CCCCCC1CCc2cc(C3CCC4CC(CCCC)CCC4C3)cc(F)c2C1. The Hall–Kier alpha value is -0.850. The van der Waals surface area contributed by atoms with Gasteiger partial charge in [-0.3, -0.25) is 0 Å². The third-order valence-electron chi connectivity index (χ3n) is 9.00. The molecule has 1 heteroatoms. The van der Waals surface area contributed by atoms with Crippen molar-refractivity contribution in [2.75, 3.05) is 0 Å². The maximum absolute atomic E-state index is 15.2. The molecule has 0 amide bonds. The first kappa shape index (κ1) is 22.3. The average Bonchev–Trinajstić information content (AvgIpc) is 2.77. The minimum atomic E-state index is 0.119. The molecule has 5 unspecified atom stereocenters. The van der Waals surface area contributed by atoms with Gasteiger partial charge < -0.3 is 0 Å². The van der Waals surface area contributed by atoms with E-state index in [0.29, 0.717) is 11.8 Å². The second-order valence-corrected chi connectivity index (χ2v) is 11.1. The van der Waals surface area contributed by atoms with Crippen molar-refractivity contribution >= 4 is 0 Å². The van der Waals surface area contributed by atoms with Crippen LogP contribution in [0.1, 0.15) is 126 Å². The zero-order chi connectivity index (χ0) is 20.9. The van der Waals surface area contributed by atoms with Gasteiger partial charge >= 0.3 is 0 Å². The minimum absolute atomic E-state index is 0.119. The van der Waals surface area contributed by atoms with Crippen molar-refractivity contribution in [2.24, 2.45) is 23.7 Å². The Morgan fingerprint density at radius 1 is 0.800 bits per heavy atom. The van der Waals surface area contributed by atoms with Gasteiger partial charge in [0, 0.05) is 0 Å². The number of unbranched alkanes of at least 4 members (excludes halogenated alkanes) is 3. The first-order valence-corrected chi connectivity index (χ1v) is 13.5. The van der Waals surface area contributed by atoms with E-state index in [9.17, 15) is 0 Å². The van der Waals surface area contributed by atoms with Gasteiger partial charge in [-0.25, -0.2) is 4.39 Å². The molecule has 3 aliphatic carbocycles. The van der Waals surface area contributed by atoms with Gasteiger partial charge in [0.05, 0.1) is 0 Å². The molecule has 5 atom stereocenters. The van der Waals surface area contributed by atoms with E-state index in [-0.39, 0.29) is 5.82 Å². The fraction of sp³-hybridized carbons (Fsp3) is 0.793. The molecule has 0 bridgehead atoms. The molecule has 0 nitrogen and oxygen atoms in total. The lowest BCUT2D eigenvalue weighted by Gasteiger charge is -2.42. The van der Waals surface area contributed by atoms with Gasteiger partial charge in [-0.05, 0) is 104 Å². The summed E-state index contributed by atoms with van der Waals surface area (Å²) in [6, 6.07) is 4.38. The summed E-state index contributed by atoms with van der Waals surface area (Å²) in [6.07, 6.45) is 21.2. The largest absolute Gasteiger partial charge is 0.207 e. The molecule has 168 valence electrons. The van der Waals surface area contributed by atoms with Crippen molar-refractivity contribution in [1.29, 1.82) is 0 Å². The molecule has 0 spiro atoms. The van der Waals surface area contributed by atoms with E-state index in [0.717, 1.165) is 36.2 Å². The monoisotopic (exact) mass is 412 g/mol. The molecule has 0 aliphatic heterocycles. The van der Waals surface area contributed by atoms with Gasteiger partial charge in [0.25, 0.3) is 0 Å². The number of hydrogen-bond donors (Lipinski definition) is 0. The van der Waals surface area contributed by atoms with Gasteiger partial charge in [-0.2, -0.15) is 0 Å². The van der Waals surface area contributed by atoms with Crippen LogP contribution in [0.25, 0.3) is 0 Å². The highest BCUT2D eigenvalue weighted by molar-refractivity contribution is 5.37. The number of aryl methyl sites for hydroxylation is 1. The number of rotatable bonds is 8. The first-order valence-electron chi connectivity index (χ1n) is 13.5. The normalized spacial score (nSPS) is 31.2. The van der Waals surface area contributed by atoms with Gasteiger partial charge in [0.1, 0.15) is 5.82 Å². The maximum Gasteiger partial charge on any atom is 0.126 e. The van der Waals surface area contributed by atoms with Crippen LogP contribution in [0, 0.1) is 29.5 Å². The second-order valence-electron chi connectivity index (χ2n) is 11.1. The van der Waals surface area contributed by atoms with E-state index in [2.05, 4.69) is 19.9 Å². The average molecular weight is 413 g/mol. The van der Waals surface area contributed by atoms with Crippen LogP contribution >= 0.6 is 0 Å². The molecular formula is C29H45F. The lowest BCUT2D eigenvalue weighted by molar-refractivity contribution is 0.113. The van der Waals surface area contributed by atoms with Crippen molar-refractivity contribution in [2.45, 2.75) is 122 Å². The molecule has 1 aromatic rings. The van der Waals surface area contributed by atoms with Crippen LogP contribution in [0.4, 0.5) is 4.39 Å². The summed E-state index contributed by atoms with van der Waals surface area (Å²) in [6.45, 7) is 4.59. The fourth-order valence-electron chi connectivity index (χ4n) is 7.13. The molecule has 30 heavy (non-hydrogen) atoms. The standard InChI is InChI=1S/C29H45F/c1-3-5-7-9-22-11-13-26-19-27(20-29(30)28(26)17-22)25-15-14-23-16-21(8-6-4-2)10-12-24(23)18-25/h19-25H,3-18H2,1-2H3. The summed E-state index contributed by atoms with van der Waals surface area (Å²) in [5.74, 6) is 4.30. The van der Waals surface area contributed by atoms with E-state index >= 15 is 4.39 Å². The van der Waals surface area contributed by atoms with Crippen LogP contribution in [0.3, 0.4) is 0 Å². The lowest BCUT2D eigenvalue weighted by Crippen LogP contribution is -2.30. The minimum Gasteiger partial charge on any atom is -0.207 e. The Kier molecular flexibility index (Phi) is 7.93. The summed E-state index contributed by atoms with van der Waals surface area (Å²) in [5, 5.41) is 0. The maximum atomic E-state index is 15.2. The van der Waals surface area contributed by atoms with Crippen LogP contribution in [-0.4, -0.2) is 0 Å². The van der Waals surface area contributed by atoms with Crippen molar-refractivity contribution in [3.8, 4) is 0 Å². The van der Waals surface area contributed by atoms with Crippen LogP contribution < -0.4 is 0 Å². The summed E-state index contributed by atoms with van der Waals surface area (Å²) >= 11 is 0. The smallest absolute Gasteiger partial charge is 0.126 e. The molecule has 0 heterocycles. The van der Waals surface area contributed by atoms with E-state index in [1.807, 2.05) is 6.07 Å². The second kappa shape index (κ2) is 10.6. The highest BCUT2D eigenvalue weighted by Gasteiger charge is 2.36. The molecule has 0 radical (unpaired) electrons. The molecule has 2 saturated carbocycles. The first-order chi connectivity index (χ1) is 14.7. The zero-order valence-corrected chi connectivity index (χ0v) is 19.7. The third-order valence-corrected chi connectivity index (χ3v) is 9.00. The molecule has 4 rings (SSSR count). The van der Waals surface area contributed by atoms with Crippen molar-refractivity contribution < 1.29 is 4.39 Å². The highest BCUT2D eigenvalue weighted by atomic mass is 19.1. The Morgan fingerprint density at radius 3 is 2.40 bits per heavy atom. The number of benzene rings is 1. The Balaban J connectivity index is 1.36. The van der Waals surface area contributed by atoms with Crippen LogP contribution in [-0.2, 0) is 12.8 Å². The van der Waals surface area contributed by atoms with Crippen LogP contribution in [0.5, 0.6) is 0 Å². The quantitative estimate of drug-likeness (QED) is 0.374. The van der Waals surface area contributed by atoms with Gasteiger partial charge in [-0.15, -0.1) is 0 Å². The molecule has 3 aliphatic rings. The highest BCUT2D eigenvalue weighted by Crippen LogP contribution is 2.49. The summed E-state index contributed by atoms with van der Waals surface area (Å²) in [5.41, 5.74) is 3.75. The Morgan fingerprint density at radius 2 is 1.57 bits per heavy atom. The van der Waals surface area contributed by atoms with Crippen molar-refractivity contribution in [3.05, 3.63) is 34.6 Å². The van der Waals surface area contributed by atoms with Crippen molar-refractivity contribution in [1.82, 2.24) is 0 Å². The van der Waals surface area contributed by atoms with Crippen LogP contribution in [0.2, 0.25) is 0 Å². The van der Waals surface area contributed by atoms with E-state index in [4.69, 9.17) is 0 Å². The summed E-state index contributed by atoms with van der Waals surface area (Å²) in [7, 11) is 0. The Bertz CT molecular complexity index is 677. The van der Waals surface area contributed by atoms with Crippen LogP contribution in [0.15, 0.2) is 12.1 Å². The van der Waals surface area contributed by atoms with E-state index < -0.39 is 0 Å². The molecule has 0 N–H and O–H groups in total. The predicted molar refractivity (Wildman–Crippen MR) is 126 cm³/mol. The lowest BCUT2D eigenvalue weighted by atomic mass is 9.63. The predicted octanol–water partition coefficient (Wildman–Crippen LogP) is 9.00. The molecule has 2 fully saturated rings. The summed E-state index contributed by atoms with van der Waals surface area (Å²) in [4.78, 5) is 0. The Labute approximate surface area is 185 Å². The molecular weight excluding hydrogens is 367 g/mol.